The zero-order valence-electron chi connectivity index (χ0n) is 10.9. The third kappa shape index (κ3) is 5.48. The lowest BCUT2D eigenvalue weighted by molar-refractivity contribution is -0.129. The van der Waals surface area contributed by atoms with Crippen molar-refractivity contribution in [1.82, 2.24) is 9.80 Å². The minimum Gasteiger partial charge on any atom is -0.390 e. The molecule has 5 nitrogen and oxygen atoms in total. The number of aliphatic hydroxyl groups excluding tert-OH is 1. The van der Waals surface area contributed by atoms with Crippen LogP contribution in [0.1, 0.15) is 19.8 Å². The molecule has 0 radical (unpaired) electrons. The van der Waals surface area contributed by atoms with E-state index in [1.807, 2.05) is 18.9 Å². The number of likely N-dealkylation sites (N-methyl/N-ethyl adjacent to an activating group) is 1. The first kappa shape index (κ1) is 14.4. The van der Waals surface area contributed by atoms with Gasteiger partial charge in [-0.2, -0.15) is 0 Å². The average molecular weight is 244 g/mol. The van der Waals surface area contributed by atoms with E-state index in [4.69, 9.17) is 4.74 Å². The number of nitrogens with zero attached hydrogens (tertiary/aromatic N) is 2. The van der Waals surface area contributed by atoms with Crippen molar-refractivity contribution in [2.24, 2.45) is 0 Å². The van der Waals surface area contributed by atoms with Crippen LogP contribution in [0, 0.1) is 0 Å². The van der Waals surface area contributed by atoms with Crippen LogP contribution in [0.5, 0.6) is 0 Å². The van der Waals surface area contributed by atoms with Crippen LogP contribution in [0.25, 0.3) is 0 Å². The number of carbonyl (C=O) groups is 1. The van der Waals surface area contributed by atoms with Crippen LogP contribution in [0.15, 0.2) is 0 Å². The van der Waals surface area contributed by atoms with Crippen LogP contribution >= 0.6 is 0 Å². The Balaban J connectivity index is 2.14. The molecule has 5 heteroatoms. The van der Waals surface area contributed by atoms with Gasteiger partial charge in [-0.1, -0.05) is 0 Å². The van der Waals surface area contributed by atoms with Gasteiger partial charge in [0, 0.05) is 39.2 Å². The zero-order valence-corrected chi connectivity index (χ0v) is 10.9. The van der Waals surface area contributed by atoms with Gasteiger partial charge in [0.05, 0.1) is 12.7 Å². The van der Waals surface area contributed by atoms with Gasteiger partial charge in [-0.05, 0) is 20.4 Å². The van der Waals surface area contributed by atoms with Crippen LogP contribution in [0.3, 0.4) is 0 Å². The van der Waals surface area contributed by atoms with Crippen molar-refractivity contribution in [3.8, 4) is 0 Å². The SMILES string of the molecule is CCOCCN(C)CC(O)CN1CCCC1=O. The standard InChI is InChI=1S/C12H24N2O3/c1-3-17-8-7-13(2)9-11(15)10-14-6-4-5-12(14)16/h11,15H,3-10H2,1-2H3. The summed E-state index contributed by atoms with van der Waals surface area (Å²) in [5.74, 6) is 0.168. The highest BCUT2D eigenvalue weighted by Crippen LogP contribution is 2.10. The molecule has 0 bridgehead atoms. The molecule has 1 saturated heterocycles. The maximum absolute atomic E-state index is 11.4. The summed E-state index contributed by atoms with van der Waals surface area (Å²) in [7, 11) is 1.95. The van der Waals surface area contributed by atoms with Crippen molar-refractivity contribution >= 4 is 5.91 Å². The number of amides is 1. The molecule has 1 aliphatic heterocycles. The quantitative estimate of drug-likeness (QED) is 0.608. The van der Waals surface area contributed by atoms with E-state index in [-0.39, 0.29) is 5.91 Å². The third-order valence-electron chi connectivity index (χ3n) is 2.95. The Labute approximate surface area is 103 Å². The van der Waals surface area contributed by atoms with Crippen molar-refractivity contribution in [3.05, 3.63) is 0 Å². The van der Waals surface area contributed by atoms with Gasteiger partial charge in [-0.25, -0.2) is 0 Å². The number of hydrogen-bond donors (Lipinski definition) is 1. The van der Waals surface area contributed by atoms with E-state index in [2.05, 4.69) is 0 Å². The zero-order chi connectivity index (χ0) is 12.7. The number of carbonyl (C=O) groups excluding carboxylic acids is 1. The van der Waals surface area contributed by atoms with Gasteiger partial charge in [0.1, 0.15) is 0 Å². The Morgan fingerprint density at radius 2 is 2.35 bits per heavy atom. The lowest BCUT2D eigenvalue weighted by Gasteiger charge is -2.24. The molecule has 0 saturated carbocycles. The highest BCUT2D eigenvalue weighted by Gasteiger charge is 2.22. The summed E-state index contributed by atoms with van der Waals surface area (Å²) in [6.07, 6.45) is 1.09. The summed E-state index contributed by atoms with van der Waals surface area (Å²) in [4.78, 5) is 15.2. The lowest BCUT2D eigenvalue weighted by atomic mass is 10.3. The molecule has 0 aliphatic carbocycles. The first-order valence-electron chi connectivity index (χ1n) is 6.35. The van der Waals surface area contributed by atoms with Crippen molar-refractivity contribution in [3.63, 3.8) is 0 Å². The number of hydrogen-bond acceptors (Lipinski definition) is 4. The second kappa shape index (κ2) is 7.63. The van der Waals surface area contributed by atoms with Gasteiger partial charge < -0.3 is 19.6 Å². The molecule has 0 aromatic rings. The smallest absolute Gasteiger partial charge is 0.222 e. The number of likely N-dealkylation sites (tertiary alicyclic amines) is 1. The van der Waals surface area contributed by atoms with Gasteiger partial charge >= 0.3 is 0 Å². The Morgan fingerprint density at radius 3 is 2.94 bits per heavy atom. The van der Waals surface area contributed by atoms with Gasteiger partial charge in [0.15, 0.2) is 0 Å². The van der Waals surface area contributed by atoms with E-state index in [9.17, 15) is 9.90 Å². The van der Waals surface area contributed by atoms with E-state index in [0.29, 0.717) is 26.1 Å². The minimum atomic E-state index is -0.469. The third-order valence-corrected chi connectivity index (χ3v) is 2.95. The average Bonchev–Trinajstić information content (AvgIpc) is 2.64. The predicted octanol–water partition coefficient (Wildman–Crippen LogP) is -0.0620. The maximum atomic E-state index is 11.4. The molecular weight excluding hydrogens is 220 g/mol. The molecule has 100 valence electrons. The second-order valence-electron chi connectivity index (χ2n) is 4.56. The van der Waals surface area contributed by atoms with Crippen molar-refractivity contribution in [2.45, 2.75) is 25.9 Å². The van der Waals surface area contributed by atoms with E-state index < -0.39 is 6.10 Å². The summed E-state index contributed by atoms with van der Waals surface area (Å²) in [5, 5.41) is 9.88. The van der Waals surface area contributed by atoms with Crippen LogP contribution in [0.2, 0.25) is 0 Å². The van der Waals surface area contributed by atoms with Crippen molar-refractivity contribution in [1.29, 1.82) is 0 Å². The molecule has 17 heavy (non-hydrogen) atoms. The van der Waals surface area contributed by atoms with E-state index in [0.717, 1.165) is 26.1 Å². The van der Waals surface area contributed by atoms with Gasteiger partial charge in [-0.15, -0.1) is 0 Å². The van der Waals surface area contributed by atoms with Crippen molar-refractivity contribution in [2.75, 3.05) is 46.4 Å². The topological polar surface area (TPSA) is 53.0 Å². The minimum absolute atomic E-state index is 0.168. The first-order chi connectivity index (χ1) is 8.13. The Morgan fingerprint density at radius 1 is 1.59 bits per heavy atom. The molecule has 0 aromatic carbocycles. The molecule has 1 fully saturated rings. The molecule has 1 rings (SSSR count). The predicted molar refractivity (Wildman–Crippen MR) is 65.8 cm³/mol. The number of β-amino-alcohol motifs (C(OH)–C–C–N with tert-alkyl or cyclic N) is 1. The maximum Gasteiger partial charge on any atom is 0.222 e. The molecule has 1 atom stereocenters. The Bertz CT molecular complexity index is 236. The van der Waals surface area contributed by atoms with Gasteiger partial charge in [-0.3, -0.25) is 4.79 Å². The van der Waals surface area contributed by atoms with E-state index in [1.54, 1.807) is 4.90 Å². The summed E-state index contributed by atoms with van der Waals surface area (Å²) in [6, 6.07) is 0. The highest BCUT2D eigenvalue weighted by atomic mass is 16.5. The normalized spacial score (nSPS) is 18.1. The molecular formula is C12H24N2O3. The fourth-order valence-corrected chi connectivity index (χ4v) is 2.02. The fraction of sp³-hybridized carbons (Fsp3) is 0.917. The first-order valence-corrected chi connectivity index (χ1v) is 6.35. The van der Waals surface area contributed by atoms with Crippen LogP contribution in [-0.2, 0) is 9.53 Å². The van der Waals surface area contributed by atoms with Crippen molar-refractivity contribution < 1.29 is 14.6 Å². The summed E-state index contributed by atoms with van der Waals surface area (Å²) in [5.41, 5.74) is 0. The fourth-order valence-electron chi connectivity index (χ4n) is 2.02. The number of aliphatic hydroxyl groups is 1. The summed E-state index contributed by atoms with van der Waals surface area (Å²) < 4.78 is 5.25. The van der Waals surface area contributed by atoms with Gasteiger partial charge in [0.2, 0.25) is 5.91 Å². The Kier molecular flexibility index (Phi) is 6.47. The summed E-state index contributed by atoms with van der Waals surface area (Å²) >= 11 is 0. The molecule has 1 aliphatic rings. The van der Waals surface area contributed by atoms with Gasteiger partial charge in [0.25, 0.3) is 0 Å². The van der Waals surface area contributed by atoms with E-state index in [1.165, 1.54) is 0 Å². The monoisotopic (exact) mass is 244 g/mol. The van der Waals surface area contributed by atoms with Crippen LogP contribution < -0.4 is 0 Å². The molecule has 1 unspecified atom stereocenters. The number of rotatable bonds is 8. The molecule has 0 spiro atoms. The number of ether oxygens (including phenoxy) is 1. The molecule has 0 aromatic heterocycles. The lowest BCUT2D eigenvalue weighted by Crippen LogP contribution is -2.40. The molecule has 1 heterocycles. The van der Waals surface area contributed by atoms with Crippen LogP contribution in [0.4, 0.5) is 0 Å². The highest BCUT2D eigenvalue weighted by molar-refractivity contribution is 5.78. The van der Waals surface area contributed by atoms with E-state index >= 15 is 0 Å². The summed E-state index contributed by atoms with van der Waals surface area (Å²) in [6.45, 7) is 6.00. The Hall–Kier alpha value is -0.650. The molecule has 1 N–H and O–H groups in total. The second-order valence-corrected chi connectivity index (χ2v) is 4.56. The van der Waals surface area contributed by atoms with Crippen LogP contribution in [-0.4, -0.2) is 73.4 Å². The largest absolute Gasteiger partial charge is 0.390 e. The molecule has 1 amide bonds.